The highest BCUT2D eigenvalue weighted by Crippen LogP contribution is 2.29. The summed E-state index contributed by atoms with van der Waals surface area (Å²) in [5.41, 5.74) is 7.17. The van der Waals surface area contributed by atoms with Crippen LogP contribution < -0.4 is 10.6 Å². The Balaban J connectivity index is 1.74. The Bertz CT molecular complexity index is 646. The van der Waals surface area contributed by atoms with Gasteiger partial charge in [-0.15, -0.1) is 0 Å². The molecule has 23 heavy (non-hydrogen) atoms. The number of aryl methyl sites for hydroxylation is 1. The molecular weight excluding hydrogens is 294 g/mol. The number of rotatable bonds is 3. The van der Waals surface area contributed by atoms with E-state index in [9.17, 15) is 14.7 Å². The molecule has 6 heteroatoms. The Kier molecular flexibility index (Phi) is 4.12. The van der Waals surface area contributed by atoms with Gasteiger partial charge in [0.05, 0.1) is 0 Å². The number of nitrogens with two attached hydrogens (primary N) is 1. The largest absolute Gasteiger partial charge is 0.379 e. The predicted molar refractivity (Wildman–Crippen MR) is 86.8 cm³/mol. The Labute approximate surface area is 135 Å². The highest BCUT2D eigenvalue weighted by Gasteiger charge is 2.38. The molecule has 1 saturated heterocycles. The first kappa shape index (κ1) is 16.0. The number of hydrogen-bond donors (Lipinski definition) is 2. The van der Waals surface area contributed by atoms with Gasteiger partial charge in [0.25, 0.3) is 5.91 Å². The second-order valence-electron chi connectivity index (χ2n) is 6.63. The maximum absolute atomic E-state index is 11.7. The van der Waals surface area contributed by atoms with Crippen molar-refractivity contribution in [1.29, 1.82) is 0 Å². The molecule has 1 unspecified atom stereocenters. The van der Waals surface area contributed by atoms with Crippen molar-refractivity contribution in [2.45, 2.75) is 37.8 Å². The summed E-state index contributed by atoms with van der Waals surface area (Å²) in [6.07, 6.45) is 2.48. The molecule has 2 aliphatic heterocycles. The second-order valence-corrected chi connectivity index (χ2v) is 6.63. The summed E-state index contributed by atoms with van der Waals surface area (Å²) in [5, 5.41) is 10.3. The van der Waals surface area contributed by atoms with Gasteiger partial charge in [-0.3, -0.25) is 14.5 Å². The van der Waals surface area contributed by atoms with E-state index >= 15 is 0 Å². The summed E-state index contributed by atoms with van der Waals surface area (Å²) in [7, 11) is 1.80. The predicted octanol–water partition coefficient (Wildman–Crippen LogP) is 0.408. The van der Waals surface area contributed by atoms with Crippen LogP contribution in [0.3, 0.4) is 0 Å². The van der Waals surface area contributed by atoms with Gasteiger partial charge in [-0.2, -0.15) is 0 Å². The van der Waals surface area contributed by atoms with Gasteiger partial charge in [-0.25, -0.2) is 0 Å². The SMILES string of the molecule is CN1C(=O)CCc2cc(CN3CCCC(O)(C(N)=O)C3)ccc21. The molecule has 2 amide bonds. The van der Waals surface area contributed by atoms with Crippen LogP contribution in [0.5, 0.6) is 0 Å². The van der Waals surface area contributed by atoms with Crippen molar-refractivity contribution in [3.63, 3.8) is 0 Å². The minimum Gasteiger partial charge on any atom is -0.379 e. The number of fused-ring (bicyclic) bond motifs is 1. The van der Waals surface area contributed by atoms with Crippen molar-refractivity contribution in [2.75, 3.05) is 25.0 Å². The molecule has 0 aromatic heterocycles. The Morgan fingerprint density at radius 3 is 2.91 bits per heavy atom. The van der Waals surface area contributed by atoms with Crippen molar-refractivity contribution in [1.82, 2.24) is 4.90 Å². The highest BCUT2D eigenvalue weighted by molar-refractivity contribution is 5.95. The van der Waals surface area contributed by atoms with Crippen LogP contribution in [0.25, 0.3) is 0 Å². The Morgan fingerprint density at radius 1 is 1.39 bits per heavy atom. The lowest BCUT2D eigenvalue weighted by Gasteiger charge is -2.37. The zero-order valence-electron chi connectivity index (χ0n) is 13.4. The number of nitrogens with zero attached hydrogens (tertiary/aromatic N) is 2. The fraction of sp³-hybridized carbons (Fsp3) is 0.529. The number of carbonyl (C=O) groups excluding carboxylic acids is 2. The molecule has 0 radical (unpaired) electrons. The maximum Gasteiger partial charge on any atom is 0.250 e. The van der Waals surface area contributed by atoms with Gasteiger partial charge in [0.15, 0.2) is 5.60 Å². The molecule has 3 rings (SSSR count). The van der Waals surface area contributed by atoms with Crippen molar-refractivity contribution >= 4 is 17.5 Å². The van der Waals surface area contributed by atoms with Crippen LogP contribution in [-0.2, 0) is 22.6 Å². The zero-order valence-corrected chi connectivity index (χ0v) is 13.4. The first-order valence-corrected chi connectivity index (χ1v) is 8.02. The van der Waals surface area contributed by atoms with Crippen molar-refractivity contribution in [3.05, 3.63) is 29.3 Å². The number of aliphatic hydroxyl groups is 1. The number of hydrogen-bond acceptors (Lipinski definition) is 4. The fourth-order valence-electron chi connectivity index (χ4n) is 3.53. The number of likely N-dealkylation sites (tertiary alicyclic amines) is 1. The molecule has 0 aliphatic carbocycles. The lowest BCUT2D eigenvalue weighted by Crippen LogP contribution is -2.55. The number of benzene rings is 1. The first-order valence-electron chi connectivity index (χ1n) is 8.02. The molecule has 1 aromatic carbocycles. The quantitative estimate of drug-likeness (QED) is 0.845. The third kappa shape index (κ3) is 3.09. The van der Waals surface area contributed by atoms with Gasteiger partial charge in [0.2, 0.25) is 5.91 Å². The third-order valence-corrected chi connectivity index (χ3v) is 4.90. The minimum absolute atomic E-state index is 0.146. The van der Waals surface area contributed by atoms with E-state index in [4.69, 9.17) is 5.73 Å². The van der Waals surface area contributed by atoms with Gasteiger partial charge in [0, 0.05) is 32.2 Å². The van der Waals surface area contributed by atoms with E-state index in [1.54, 1.807) is 11.9 Å². The lowest BCUT2D eigenvalue weighted by atomic mass is 9.91. The molecule has 6 nitrogen and oxygen atoms in total. The van der Waals surface area contributed by atoms with E-state index in [1.807, 2.05) is 12.1 Å². The number of carbonyl (C=O) groups is 2. The number of piperidine rings is 1. The number of amides is 2. The van der Waals surface area contributed by atoms with E-state index in [2.05, 4.69) is 11.0 Å². The molecule has 1 fully saturated rings. The molecule has 3 N–H and O–H groups in total. The van der Waals surface area contributed by atoms with E-state index in [1.165, 1.54) is 5.56 Å². The molecule has 0 bridgehead atoms. The van der Waals surface area contributed by atoms with Crippen molar-refractivity contribution < 1.29 is 14.7 Å². The van der Waals surface area contributed by atoms with Crippen LogP contribution in [-0.4, -0.2) is 47.6 Å². The van der Waals surface area contributed by atoms with E-state index in [0.29, 0.717) is 19.4 Å². The van der Waals surface area contributed by atoms with Crippen LogP contribution in [0, 0.1) is 0 Å². The summed E-state index contributed by atoms with van der Waals surface area (Å²) in [6, 6.07) is 6.11. The summed E-state index contributed by atoms with van der Waals surface area (Å²) in [5.74, 6) is -0.499. The summed E-state index contributed by atoms with van der Waals surface area (Å²) in [6.45, 7) is 1.78. The van der Waals surface area contributed by atoms with Crippen LogP contribution in [0.1, 0.15) is 30.4 Å². The average Bonchev–Trinajstić information content (AvgIpc) is 2.51. The summed E-state index contributed by atoms with van der Waals surface area (Å²) in [4.78, 5) is 26.9. The Hall–Kier alpha value is -1.92. The molecule has 1 aromatic rings. The average molecular weight is 317 g/mol. The molecule has 0 spiro atoms. The van der Waals surface area contributed by atoms with E-state index in [-0.39, 0.29) is 12.5 Å². The molecular formula is C17H23N3O3. The normalized spacial score (nSPS) is 25.3. The van der Waals surface area contributed by atoms with Crippen LogP contribution in [0.4, 0.5) is 5.69 Å². The minimum atomic E-state index is -1.42. The standard InChI is InChI=1S/C17H23N3O3/c1-19-14-5-3-12(9-13(14)4-6-15(19)21)10-20-8-2-7-17(23,11-20)16(18)22/h3,5,9,23H,2,4,6-8,10-11H2,1H3,(H2,18,22). The highest BCUT2D eigenvalue weighted by atomic mass is 16.3. The van der Waals surface area contributed by atoms with Gasteiger partial charge in [0.1, 0.15) is 0 Å². The zero-order chi connectivity index (χ0) is 16.6. The van der Waals surface area contributed by atoms with Gasteiger partial charge in [-0.1, -0.05) is 12.1 Å². The van der Waals surface area contributed by atoms with Crippen LogP contribution in [0.15, 0.2) is 18.2 Å². The third-order valence-electron chi connectivity index (χ3n) is 4.90. The van der Waals surface area contributed by atoms with Crippen LogP contribution >= 0.6 is 0 Å². The smallest absolute Gasteiger partial charge is 0.250 e. The number of anilines is 1. The molecule has 2 heterocycles. The van der Waals surface area contributed by atoms with E-state index < -0.39 is 11.5 Å². The van der Waals surface area contributed by atoms with E-state index in [0.717, 1.165) is 30.6 Å². The monoisotopic (exact) mass is 317 g/mol. The van der Waals surface area contributed by atoms with Gasteiger partial charge >= 0.3 is 0 Å². The summed E-state index contributed by atoms with van der Waals surface area (Å²) >= 11 is 0. The van der Waals surface area contributed by atoms with Crippen molar-refractivity contribution in [2.24, 2.45) is 5.73 Å². The van der Waals surface area contributed by atoms with Crippen LogP contribution in [0.2, 0.25) is 0 Å². The molecule has 2 aliphatic rings. The maximum atomic E-state index is 11.7. The van der Waals surface area contributed by atoms with Crippen molar-refractivity contribution in [3.8, 4) is 0 Å². The molecule has 124 valence electrons. The molecule has 0 saturated carbocycles. The first-order chi connectivity index (χ1) is 10.9. The topological polar surface area (TPSA) is 86.9 Å². The number of primary amides is 1. The fourth-order valence-corrected chi connectivity index (χ4v) is 3.53. The van der Waals surface area contributed by atoms with Gasteiger partial charge in [-0.05, 0) is 43.0 Å². The lowest BCUT2D eigenvalue weighted by molar-refractivity contribution is -0.142. The second kappa shape index (κ2) is 5.94. The van der Waals surface area contributed by atoms with Gasteiger partial charge < -0.3 is 15.7 Å². The summed E-state index contributed by atoms with van der Waals surface area (Å²) < 4.78 is 0. The number of β-amino-alcohol motifs (C(OH)–C–C–N with tert-alkyl or cyclic N) is 1. The molecule has 1 atom stereocenters. The Morgan fingerprint density at radius 2 is 2.17 bits per heavy atom.